The molecule has 1 fully saturated rings. The predicted molar refractivity (Wildman–Crippen MR) is 73.6 cm³/mol. The number of likely N-dealkylation sites (N-methyl/N-ethyl adjacent to an activating group) is 1. The Hall–Kier alpha value is -1.13. The average Bonchev–Trinajstić information content (AvgIpc) is 2.40. The fraction of sp³-hybridized carbons (Fsp3) is 0.571. The molecule has 4 heteroatoms. The van der Waals surface area contributed by atoms with Crippen molar-refractivity contribution in [3.05, 3.63) is 30.1 Å². The lowest BCUT2D eigenvalue weighted by molar-refractivity contribution is 0.195. The van der Waals surface area contributed by atoms with E-state index in [1.54, 1.807) is 6.07 Å². The molecule has 1 atom stereocenters. The van der Waals surface area contributed by atoms with E-state index < -0.39 is 0 Å². The first-order valence-corrected chi connectivity index (χ1v) is 6.60. The van der Waals surface area contributed by atoms with Crippen molar-refractivity contribution in [1.29, 1.82) is 0 Å². The summed E-state index contributed by atoms with van der Waals surface area (Å²) < 4.78 is 13.7. The van der Waals surface area contributed by atoms with Gasteiger partial charge in [0, 0.05) is 38.8 Å². The fourth-order valence-corrected chi connectivity index (χ4v) is 2.54. The lowest BCUT2D eigenvalue weighted by Crippen LogP contribution is -2.51. The molecule has 100 valence electrons. The number of nitrogens with zero attached hydrogens (tertiary/aromatic N) is 2. The molecule has 1 aliphatic rings. The van der Waals surface area contributed by atoms with Crippen molar-refractivity contribution in [2.24, 2.45) is 0 Å². The van der Waals surface area contributed by atoms with E-state index >= 15 is 0 Å². The van der Waals surface area contributed by atoms with Crippen LogP contribution in [0.1, 0.15) is 6.92 Å². The van der Waals surface area contributed by atoms with Gasteiger partial charge in [-0.15, -0.1) is 0 Å². The van der Waals surface area contributed by atoms with Gasteiger partial charge < -0.3 is 10.2 Å². The molecule has 1 heterocycles. The van der Waals surface area contributed by atoms with E-state index in [1.807, 2.05) is 19.2 Å². The van der Waals surface area contributed by atoms with Crippen molar-refractivity contribution in [3.8, 4) is 0 Å². The molecule has 3 nitrogen and oxygen atoms in total. The first-order chi connectivity index (χ1) is 8.72. The number of benzene rings is 1. The van der Waals surface area contributed by atoms with Crippen LogP contribution in [-0.4, -0.2) is 50.7 Å². The third-order valence-electron chi connectivity index (χ3n) is 3.63. The zero-order chi connectivity index (χ0) is 13.0. The van der Waals surface area contributed by atoms with E-state index in [-0.39, 0.29) is 5.82 Å². The second-order valence-corrected chi connectivity index (χ2v) is 4.88. The van der Waals surface area contributed by atoms with Gasteiger partial charge >= 0.3 is 0 Å². The minimum atomic E-state index is -0.116. The normalized spacial score (nSPS) is 18.9. The van der Waals surface area contributed by atoms with Gasteiger partial charge in [-0.1, -0.05) is 12.1 Å². The van der Waals surface area contributed by atoms with Crippen LogP contribution in [0.4, 0.5) is 10.1 Å². The molecule has 0 radical (unpaired) electrons. The Bertz CT molecular complexity index is 375. The minimum Gasteiger partial charge on any atom is -0.367 e. The Balaban J connectivity index is 1.93. The number of rotatable bonds is 4. The van der Waals surface area contributed by atoms with Crippen LogP contribution in [0.5, 0.6) is 0 Å². The Morgan fingerprint density at radius 1 is 1.22 bits per heavy atom. The van der Waals surface area contributed by atoms with Crippen molar-refractivity contribution in [2.75, 3.05) is 44.7 Å². The third-order valence-corrected chi connectivity index (χ3v) is 3.63. The molecule has 1 unspecified atom stereocenters. The molecule has 2 rings (SSSR count). The van der Waals surface area contributed by atoms with Crippen LogP contribution >= 0.6 is 0 Å². The summed E-state index contributed by atoms with van der Waals surface area (Å²) in [5, 5.41) is 3.20. The summed E-state index contributed by atoms with van der Waals surface area (Å²) in [7, 11) is 1.98. The van der Waals surface area contributed by atoms with Crippen molar-refractivity contribution >= 4 is 5.69 Å². The van der Waals surface area contributed by atoms with Gasteiger partial charge in [0.25, 0.3) is 0 Å². The van der Waals surface area contributed by atoms with Crippen molar-refractivity contribution < 1.29 is 4.39 Å². The standard InChI is InChI=1S/C14H22FN3/c1-12(11-16-2)17-7-9-18(10-8-17)14-6-4-3-5-13(14)15/h3-6,12,16H,7-11H2,1-2H3. The van der Waals surface area contributed by atoms with Crippen LogP contribution in [0.2, 0.25) is 0 Å². The molecule has 1 N–H and O–H groups in total. The van der Waals surface area contributed by atoms with Gasteiger partial charge in [0.05, 0.1) is 5.69 Å². The van der Waals surface area contributed by atoms with Crippen LogP contribution in [-0.2, 0) is 0 Å². The highest BCUT2D eigenvalue weighted by Gasteiger charge is 2.21. The Morgan fingerprint density at radius 2 is 1.89 bits per heavy atom. The number of piperazine rings is 1. The number of nitrogens with one attached hydrogen (secondary N) is 1. The Labute approximate surface area is 109 Å². The maximum Gasteiger partial charge on any atom is 0.146 e. The molecule has 0 amide bonds. The molecule has 1 aromatic rings. The summed E-state index contributed by atoms with van der Waals surface area (Å²) >= 11 is 0. The number of anilines is 1. The van der Waals surface area contributed by atoms with Crippen LogP contribution in [0.3, 0.4) is 0 Å². The topological polar surface area (TPSA) is 18.5 Å². The van der Waals surface area contributed by atoms with E-state index in [2.05, 4.69) is 22.0 Å². The molecule has 0 saturated carbocycles. The fourth-order valence-electron chi connectivity index (χ4n) is 2.54. The largest absolute Gasteiger partial charge is 0.367 e. The zero-order valence-electron chi connectivity index (χ0n) is 11.2. The lowest BCUT2D eigenvalue weighted by Gasteiger charge is -2.39. The second-order valence-electron chi connectivity index (χ2n) is 4.88. The first kappa shape index (κ1) is 13.3. The Kier molecular flexibility index (Phi) is 4.55. The van der Waals surface area contributed by atoms with Gasteiger partial charge in [0.1, 0.15) is 5.82 Å². The molecule has 0 spiro atoms. The smallest absolute Gasteiger partial charge is 0.146 e. The quantitative estimate of drug-likeness (QED) is 0.876. The number of halogens is 1. The second kappa shape index (κ2) is 6.16. The molecule has 1 aromatic carbocycles. The highest BCUT2D eigenvalue weighted by atomic mass is 19.1. The summed E-state index contributed by atoms with van der Waals surface area (Å²) in [5.74, 6) is -0.116. The van der Waals surface area contributed by atoms with Gasteiger partial charge in [0.2, 0.25) is 0 Å². The lowest BCUT2D eigenvalue weighted by atomic mass is 10.2. The summed E-state index contributed by atoms with van der Waals surface area (Å²) in [5.41, 5.74) is 0.735. The van der Waals surface area contributed by atoms with Crippen LogP contribution in [0, 0.1) is 5.82 Å². The predicted octanol–water partition coefficient (Wildman–Crippen LogP) is 1.56. The number of para-hydroxylation sites is 1. The SMILES string of the molecule is CNCC(C)N1CCN(c2ccccc2F)CC1. The highest BCUT2D eigenvalue weighted by molar-refractivity contribution is 5.47. The molecular formula is C14H22FN3. The van der Waals surface area contributed by atoms with Crippen LogP contribution in [0.15, 0.2) is 24.3 Å². The summed E-state index contributed by atoms with van der Waals surface area (Å²) in [6.45, 7) is 7.02. The van der Waals surface area contributed by atoms with Crippen LogP contribution in [0.25, 0.3) is 0 Å². The maximum atomic E-state index is 13.7. The van der Waals surface area contributed by atoms with Gasteiger partial charge in [-0.05, 0) is 26.1 Å². The highest BCUT2D eigenvalue weighted by Crippen LogP contribution is 2.20. The first-order valence-electron chi connectivity index (χ1n) is 6.60. The van der Waals surface area contributed by atoms with Crippen molar-refractivity contribution in [3.63, 3.8) is 0 Å². The third kappa shape index (κ3) is 3.00. The van der Waals surface area contributed by atoms with Crippen molar-refractivity contribution in [1.82, 2.24) is 10.2 Å². The van der Waals surface area contributed by atoms with Gasteiger partial charge in [-0.3, -0.25) is 4.90 Å². The van der Waals surface area contributed by atoms with Gasteiger partial charge in [-0.2, -0.15) is 0 Å². The monoisotopic (exact) mass is 251 g/mol. The van der Waals surface area contributed by atoms with Crippen LogP contribution < -0.4 is 10.2 Å². The summed E-state index contributed by atoms with van der Waals surface area (Å²) in [6, 6.07) is 7.57. The molecule has 0 aliphatic carbocycles. The molecule has 1 saturated heterocycles. The summed E-state index contributed by atoms with van der Waals surface area (Å²) in [4.78, 5) is 4.59. The number of hydrogen-bond acceptors (Lipinski definition) is 3. The van der Waals surface area contributed by atoms with Crippen molar-refractivity contribution in [2.45, 2.75) is 13.0 Å². The zero-order valence-corrected chi connectivity index (χ0v) is 11.2. The van der Waals surface area contributed by atoms with E-state index in [4.69, 9.17) is 0 Å². The van der Waals surface area contributed by atoms with E-state index in [1.165, 1.54) is 6.07 Å². The minimum absolute atomic E-state index is 0.116. The van der Waals surface area contributed by atoms with Gasteiger partial charge in [0.15, 0.2) is 0 Å². The molecule has 0 bridgehead atoms. The Morgan fingerprint density at radius 3 is 2.50 bits per heavy atom. The van der Waals surface area contributed by atoms with E-state index in [9.17, 15) is 4.39 Å². The van der Waals surface area contributed by atoms with E-state index in [0.717, 1.165) is 38.4 Å². The maximum absolute atomic E-state index is 13.7. The van der Waals surface area contributed by atoms with E-state index in [0.29, 0.717) is 6.04 Å². The summed E-state index contributed by atoms with van der Waals surface area (Å²) in [6.07, 6.45) is 0. The number of hydrogen-bond donors (Lipinski definition) is 1. The van der Waals surface area contributed by atoms with Gasteiger partial charge in [-0.25, -0.2) is 4.39 Å². The average molecular weight is 251 g/mol. The molecule has 1 aliphatic heterocycles. The molecular weight excluding hydrogens is 229 g/mol. The molecule has 0 aromatic heterocycles. The molecule has 18 heavy (non-hydrogen) atoms.